The number of amides is 3. The summed E-state index contributed by atoms with van der Waals surface area (Å²) in [7, 11) is 0. The van der Waals surface area contributed by atoms with E-state index in [-0.39, 0.29) is 11.1 Å². The van der Waals surface area contributed by atoms with Gasteiger partial charge in [-0.25, -0.2) is 4.79 Å². The fourth-order valence-electron chi connectivity index (χ4n) is 1.66. The average molecular weight is 262 g/mol. The second-order valence-electron chi connectivity index (χ2n) is 5.20. The highest BCUT2D eigenvalue weighted by molar-refractivity contribution is 6.20. The van der Waals surface area contributed by atoms with Gasteiger partial charge < -0.3 is 10.2 Å². The van der Waals surface area contributed by atoms with Crippen molar-refractivity contribution in [3.63, 3.8) is 0 Å². The van der Waals surface area contributed by atoms with Crippen LogP contribution in [0.25, 0.3) is 0 Å². The first kappa shape index (κ1) is 13.1. The highest BCUT2D eigenvalue weighted by Gasteiger charge is 2.38. The molecule has 2 rings (SSSR count). The van der Waals surface area contributed by atoms with Gasteiger partial charge in [0.2, 0.25) is 0 Å². The zero-order chi connectivity index (χ0) is 14.2. The molecule has 0 aliphatic carbocycles. The number of rotatable bonds is 1. The number of carbonyl (C=O) groups is 3. The van der Waals surface area contributed by atoms with Gasteiger partial charge in [0, 0.05) is 5.54 Å². The Morgan fingerprint density at radius 1 is 1.11 bits per heavy atom. The lowest BCUT2D eigenvalue weighted by molar-refractivity contribution is -0.0467. The lowest BCUT2D eigenvalue weighted by Crippen LogP contribution is -2.45. The van der Waals surface area contributed by atoms with E-state index >= 15 is 0 Å². The van der Waals surface area contributed by atoms with Crippen molar-refractivity contribution in [1.82, 2.24) is 10.4 Å². The van der Waals surface area contributed by atoms with E-state index in [0.717, 1.165) is 0 Å². The summed E-state index contributed by atoms with van der Waals surface area (Å²) < 4.78 is 0. The van der Waals surface area contributed by atoms with Crippen LogP contribution < -0.4 is 5.32 Å². The first-order chi connectivity index (χ1) is 8.79. The van der Waals surface area contributed by atoms with Crippen molar-refractivity contribution < 1.29 is 19.2 Å². The Balaban J connectivity index is 2.15. The molecule has 0 spiro atoms. The summed E-state index contributed by atoms with van der Waals surface area (Å²) in [4.78, 5) is 40.2. The minimum absolute atomic E-state index is 0.232. The summed E-state index contributed by atoms with van der Waals surface area (Å²) in [6, 6.07) is 6.31. The second-order valence-corrected chi connectivity index (χ2v) is 5.20. The van der Waals surface area contributed by atoms with Crippen LogP contribution in [0.4, 0.5) is 4.79 Å². The van der Waals surface area contributed by atoms with Gasteiger partial charge in [-0.05, 0) is 32.9 Å². The van der Waals surface area contributed by atoms with Crippen molar-refractivity contribution in [3.05, 3.63) is 35.4 Å². The predicted octanol–water partition coefficient (Wildman–Crippen LogP) is 1.72. The zero-order valence-electron chi connectivity index (χ0n) is 10.9. The molecule has 0 radical (unpaired) electrons. The summed E-state index contributed by atoms with van der Waals surface area (Å²) in [6.07, 6.45) is -0.845. The molecular formula is C13H14N2O4. The van der Waals surface area contributed by atoms with E-state index in [1.54, 1.807) is 32.9 Å². The number of nitrogens with one attached hydrogen (secondary N) is 1. The molecule has 0 unspecified atom stereocenters. The molecule has 0 fully saturated rings. The first-order valence-corrected chi connectivity index (χ1v) is 5.77. The van der Waals surface area contributed by atoms with Gasteiger partial charge in [-0.3, -0.25) is 9.59 Å². The van der Waals surface area contributed by atoms with Crippen molar-refractivity contribution in [3.8, 4) is 0 Å². The fourth-order valence-corrected chi connectivity index (χ4v) is 1.66. The predicted molar refractivity (Wildman–Crippen MR) is 66.3 cm³/mol. The number of hydroxylamine groups is 2. The molecule has 100 valence electrons. The largest absolute Gasteiger partial charge is 0.432 e. The molecule has 1 aromatic rings. The number of hydrogen-bond acceptors (Lipinski definition) is 4. The van der Waals surface area contributed by atoms with Crippen LogP contribution in [0.5, 0.6) is 0 Å². The number of hydrogen-bond donors (Lipinski definition) is 1. The van der Waals surface area contributed by atoms with Gasteiger partial charge >= 0.3 is 6.09 Å². The minimum Gasteiger partial charge on any atom is -0.315 e. The molecule has 1 aliphatic rings. The second kappa shape index (κ2) is 4.38. The molecule has 6 nitrogen and oxygen atoms in total. The van der Waals surface area contributed by atoms with E-state index in [1.807, 2.05) is 0 Å². The summed E-state index contributed by atoms with van der Waals surface area (Å²) in [6.45, 7) is 5.28. The third-order valence-electron chi connectivity index (χ3n) is 2.41. The first-order valence-electron chi connectivity index (χ1n) is 5.77. The molecule has 6 heteroatoms. The van der Waals surface area contributed by atoms with Crippen LogP contribution in [0.1, 0.15) is 41.5 Å². The Morgan fingerprint density at radius 3 is 2.00 bits per heavy atom. The van der Waals surface area contributed by atoms with E-state index in [4.69, 9.17) is 4.84 Å². The van der Waals surface area contributed by atoms with E-state index in [1.165, 1.54) is 12.1 Å². The molecular weight excluding hydrogens is 248 g/mol. The van der Waals surface area contributed by atoms with Crippen molar-refractivity contribution in [2.75, 3.05) is 0 Å². The number of benzene rings is 1. The van der Waals surface area contributed by atoms with Crippen molar-refractivity contribution in [1.29, 1.82) is 0 Å². The van der Waals surface area contributed by atoms with Gasteiger partial charge in [-0.1, -0.05) is 17.2 Å². The smallest absolute Gasteiger partial charge is 0.315 e. The van der Waals surface area contributed by atoms with Crippen LogP contribution in [0.3, 0.4) is 0 Å². The van der Waals surface area contributed by atoms with Gasteiger partial charge in [0.05, 0.1) is 11.1 Å². The molecule has 3 amide bonds. The van der Waals surface area contributed by atoms with Crippen LogP contribution >= 0.6 is 0 Å². The number of imide groups is 1. The topological polar surface area (TPSA) is 75.7 Å². The molecule has 1 heterocycles. The lowest BCUT2D eigenvalue weighted by atomic mass is 10.1. The highest BCUT2D eigenvalue weighted by atomic mass is 16.7. The third kappa shape index (κ3) is 2.57. The Bertz CT molecular complexity index is 525. The summed E-state index contributed by atoms with van der Waals surface area (Å²) in [5, 5.41) is 2.98. The maximum Gasteiger partial charge on any atom is 0.432 e. The van der Waals surface area contributed by atoms with Gasteiger partial charge in [0.25, 0.3) is 11.8 Å². The molecule has 0 saturated heterocycles. The molecule has 1 aromatic carbocycles. The summed E-state index contributed by atoms with van der Waals surface area (Å²) in [5.74, 6) is -1.27. The zero-order valence-corrected chi connectivity index (χ0v) is 10.9. The average Bonchev–Trinajstić information content (AvgIpc) is 2.53. The summed E-state index contributed by atoms with van der Waals surface area (Å²) >= 11 is 0. The Labute approximate surface area is 110 Å². The number of nitrogens with zero attached hydrogens (tertiary/aromatic N) is 1. The van der Waals surface area contributed by atoms with E-state index < -0.39 is 23.4 Å². The van der Waals surface area contributed by atoms with Gasteiger partial charge in [0.1, 0.15) is 0 Å². The highest BCUT2D eigenvalue weighted by Crippen LogP contribution is 2.22. The number of fused-ring (bicyclic) bond motifs is 1. The monoisotopic (exact) mass is 262 g/mol. The quantitative estimate of drug-likeness (QED) is 0.782. The fraction of sp³-hybridized carbons (Fsp3) is 0.308. The maximum atomic E-state index is 11.9. The van der Waals surface area contributed by atoms with Crippen LogP contribution in [0, 0.1) is 0 Å². The van der Waals surface area contributed by atoms with E-state index in [0.29, 0.717) is 5.06 Å². The van der Waals surface area contributed by atoms with Crippen molar-refractivity contribution >= 4 is 17.9 Å². The van der Waals surface area contributed by atoms with Crippen molar-refractivity contribution in [2.24, 2.45) is 0 Å². The molecule has 0 atom stereocenters. The van der Waals surface area contributed by atoms with Gasteiger partial charge in [0.15, 0.2) is 0 Å². The molecule has 19 heavy (non-hydrogen) atoms. The molecule has 0 saturated carbocycles. The number of carbonyl (C=O) groups excluding carboxylic acids is 3. The van der Waals surface area contributed by atoms with Crippen LogP contribution in [-0.4, -0.2) is 28.5 Å². The summed E-state index contributed by atoms with van der Waals surface area (Å²) in [5.41, 5.74) is -0.0532. The minimum atomic E-state index is -0.845. The van der Waals surface area contributed by atoms with Gasteiger partial charge in [-0.15, -0.1) is 0 Å². The van der Waals surface area contributed by atoms with E-state index in [2.05, 4.69) is 5.32 Å². The Hall–Kier alpha value is -2.37. The molecule has 0 bridgehead atoms. The molecule has 0 aromatic heterocycles. The lowest BCUT2D eigenvalue weighted by Gasteiger charge is -2.21. The molecule has 1 aliphatic heterocycles. The van der Waals surface area contributed by atoms with E-state index in [9.17, 15) is 14.4 Å². The van der Waals surface area contributed by atoms with Gasteiger partial charge in [-0.2, -0.15) is 0 Å². The Morgan fingerprint density at radius 2 is 1.58 bits per heavy atom. The van der Waals surface area contributed by atoms with Crippen LogP contribution in [0.15, 0.2) is 24.3 Å². The standard InChI is InChI=1S/C13H14N2O4/c1-13(2,3)14-12(18)19-15-10(16)8-6-4-5-7-9(8)11(15)17/h4-7H,1-3H3,(H,14,18). The SMILES string of the molecule is CC(C)(C)NC(=O)ON1C(=O)c2ccccc2C1=O. The van der Waals surface area contributed by atoms with Crippen LogP contribution in [-0.2, 0) is 4.84 Å². The normalized spacial score (nSPS) is 14.4. The maximum absolute atomic E-state index is 11.9. The Kier molecular flexibility index (Phi) is 3.01. The molecule has 1 N–H and O–H groups in total. The van der Waals surface area contributed by atoms with Crippen LogP contribution in [0.2, 0.25) is 0 Å². The third-order valence-corrected chi connectivity index (χ3v) is 2.41. The van der Waals surface area contributed by atoms with Crippen molar-refractivity contribution in [2.45, 2.75) is 26.3 Å².